The quantitative estimate of drug-likeness (QED) is 0.838. The largest absolute Gasteiger partial charge is 0.478 e. The highest BCUT2D eigenvalue weighted by molar-refractivity contribution is 9.10. The molecule has 1 aromatic carbocycles. The van der Waals surface area contributed by atoms with Gasteiger partial charge in [0.15, 0.2) is 0 Å². The Kier molecular flexibility index (Phi) is 5.40. The van der Waals surface area contributed by atoms with Crippen LogP contribution in [0.2, 0.25) is 0 Å². The number of carbonyl (C=O) groups excluding carboxylic acids is 1. The van der Waals surface area contributed by atoms with Gasteiger partial charge in [-0.05, 0) is 55.4 Å². The van der Waals surface area contributed by atoms with E-state index in [-0.39, 0.29) is 23.3 Å². The lowest BCUT2D eigenvalue weighted by Crippen LogP contribution is -2.30. The van der Waals surface area contributed by atoms with Crippen molar-refractivity contribution in [2.75, 3.05) is 5.32 Å². The molecule has 0 spiro atoms. The van der Waals surface area contributed by atoms with Gasteiger partial charge in [0.05, 0.1) is 0 Å². The first-order valence-electron chi connectivity index (χ1n) is 7.48. The highest BCUT2D eigenvalue weighted by Crippen LogP contribution is 2.36. The Morgan fingerprint density at radius 1 is 1.23 bits per heavy atom. The average Bonchev–Trinajstić information content (AvgIpc) is 2.48. The van der Waals surface area contributed by atoms with Crippen molar-refractivity contribution < 1.29 is 14.7 Å². The van der Waals surface area contributed by atoms with Gasteiger partial charge in [0.2, 0.25) is 0 Å². The summed E-state index contributed by atoms with van der Waals surface area (Å²) in [7, 11) is 0. The van der Waals surface area contributed by atoms with Crippen LogP contribution in [0.4, 0.5) is 5.69 Å². The van der Waals surface area contributed by atoms with Crippen molar-refractivity contribution in [3.8, 4) is 0 Å². The number of rotatable bonds is 4. The molecule has 1 aromatic rings. The number of benzene rings is 1. The normalized spacial score (nSPS) is 21.6. The second kappa shape index (κ2) is 7.09. The van der Waals surface area contributed by atoms with Gasteiger partial charge in [0.1, 0.15) is 0 Å². The van der Waals surface area contributed by atoms with E-state index < -0.39 is 5.97 Å². The maximum absolute atomic E-state index is 12.6. The molecule has 0 aromatic heterocycles. The zero-order chi connectivity index (χ0) is 16.3. The molecular formula is C17H20BrNO3. The number of carbonyl (C=O) groups is 2. The van der Waals surface area contributed by atoms with Crippen LogP contribution in [0.3, 0.4) is 0 Å². The number of nitrogens with one attached hydrogen (secondary N) is 1. The summed E-state index contributed by atoms with van der Waals surface area (Å²) in [6, 6.07) is 7.25. The minimum absolute atomic E-state index is 0.0118. The van der Waals surface area contributed by atoms with E-state index in [1.807, 2.05) is 26.0 Å². The molecule has 0 saturated heterocycles. The molecule has 4 nitrogen and oxygen atoms in total. The molecule has 5 heteroatoms. The van der Waals surface area contributed by atoms with Crippen LogP contribution < -0.4 is 5.32 Å². The average molecular weight is 366 g/mol. The van der Waals surface area contributed by atoms with E-state index in [1.54, 1.807) is 12.1 Å². The first-order chi connectivity index (χ1) is 10.4. The standard InChI is InChI=1S/C17H20BrNO3/c1-3-11-5-4-10(2)14(17(21)22)15(11)16(20)19-13-8-6-12(18)7-9-13/h6-11H,3-5H2,1-2H3,(H,19,20)(H,21,22). The van der Waals surface area contributed by atoms with Crippen LogP contribution in [0.25, 0.3) is 0 Å². The number of aliphatic carboxylic acids is 1. The van der Waals surface area contributed by atoms with Crippen molar-refractivity contribution in [1.29, 1.82) is 0 Å². The molecule has 1 aliphatic rings. The smallest absolute Gasteiger partial charge is 0.332 e. The fourth-order valence-corrected chi connectivity index (χ4v) is 3.26. The summed E-state index contributed by atoms with van der Waals surface area (Å²) in [4.78, 5) is 24.2. The first kappa shape index (κ1) is 16.7. The molecule has 2 unspecified atom stereocenters. The monoisotopic (exact) mass is 365 g/mol. The minimum atomic E-state index is -0.980. The topological polar surface area (TPSA) is 66.4 Å². The van der Waals surface area contributed by atoms with Crippen molar-refractivity contribution in [2.24, 2.45) is 11.8 Å². The molecule has 2 rings (SSSR count). The van der Waals surface area contributed by atoms with Crippen LogP contribution >= 0.6 is 15.9 Å². The molecule has 0 radical (unpaired) electrons. The summed E-state index contributed by atoms with van der Waals surface area (Å²) in [6.45, 7) is 3.87. The Balaban J connectivity index is 2.35. The molecule has 0 saturated carbocycles. The Bertz CT molecular complexity index is 607. The van der Waals surface area contributed by atoms with E-state index in [0.29, 0.717) is 11.3 Å². The Hall–Kier alpha value is -1.62. The molecule has 2 N–H and O–H groups in total. The third-order valence-corrected chi connectivity index (χ3v) is 4.74. The summed E-state index contributed by atoms with van der Waals surface area (Å²) in [5.41, 5.74) is 1.38. The van der Waals surface area contributed by atoms with E-state index in [9.17, 15) is 14.7 Å². The Labute approximate surface area is 138 Å². The van der Waals surface area contributed by atoms with Gasteiger partial charge in [-0.25, -0.2) is 4.79 Å². The van der Waals surface area contributed by atoms with Gasteiger partial charge in [-0.2, -0.15) is 0 Å². The van der Waals surface area contributed by atoms with E-state index in [2.05, 4.69) is 21.2 Å². The van der Waals surface area contributed by atoms with Crippen molar-refractivity contribution in [3.63, 3.8) is 0 Å². The molecule has 0 fully saturated rings. The van der Waals surface area contributed by atoms with Crippen molar-refractivity contribution in [1.82, 2.24) is 0 Å². The highest BCUT2D eigenvalue weighted by Gasteiger charge is 2.34. The molecule has 1 aliphatic carbocycles. The van der Waals surface area contributed by atoms with Gasteiger partial charge >= 0.3 is 5.97 Å². The molecule has 0 bridgehead atoms. The molecule has 118 valence electrons. The number of carboxylic acid groups (broad SMARTS) is 1. The number of hydrogen-bond donors (Lipinski definition) is 2. The lowest BCUT2D eigenvalue weighted by atomic mass is 9.75. The number of carboxylic acids is 1. The van der Waals surface area contributed by atoms with Gasteiger partial charge in [0.25, 0.3) is 5.91 Å². The molecule has 2 atom stereocenters. The summed E-state index contributed by atoms with van der Waals surface area (Å²) in [5.74, 6) is -1.35. The zero-order valence-corrected chi connectivity index (χ0v) is 14.3. The van der Waals surface area contributed by atoms with E-state index >= 15 is 0 Å². The van der Waals surface area contributed by atoms with Crippen LogP contribution in [0.1, 0.15) is 33.1 Å². The third kappa shape index (κ3) is 3.58. The van der Waals surface area contributed by atoms with Crippen molar-refractivity contribution in [2.45, 2.75) is 33.1 Å². The fraction of sp³-hybridized carbons (Fsp3) is 0.412. The predicted octanol–water partition coefficient (Wildman–Crippen LogP) is 4.22. The Morgan fingerprint density at radius 3 is 2.41 bits per heavy atom. The van der Waals surface area contributed by atoms with Gasteiger partial charge in [-0.1, -0.05) is 29.8 Å². The molecule has 0 aliphatic heterocycles. The summed E-state index contributed by atoms with van der Waals surface area (Å²) >= 11 is 3.35. The van der Waals surface area contributed by atoms with E-state index in [0.717, 1.165) is 23.7 Å². The first-order valence-corrected chi connectivity index (χ1v) is 8.27. The van der Waals surface area contributed by atoms with Gasteiger partial charge in [-0.3, -0.25) is 4.79 Å². The second-order valence-electron chi connectivity index (χ2n) is 5.68. The highest BCUT2D eigenvalue weighted by atomic mass is 79.9. The number of anilines is 1. The van der Waals surface area contributed by atoms with Crippen LogP contribution in [0.15, 0.2) is 39.9 Å². The molecule has 1 amide bonds. The van der Waals surface area contributed by atoms with Crippen LogP contribution in [-0.4, -0.2) is 17.0 Å². The number of hydrogen-bond acceptors (Lipinski definition) is 2. The maximum atomic E-state index is 12.6. The van der Waals surface area contributed by atoms with Crippen molar-refractivity contribution in [3.05, 3.63) is 39.9 Å². The third-order valence-electron chi connectivity index (χ3n) is 4.21. The van der Waals surface area contributed by atoms with Crippen LogP contribution in [-0.2, 0) is 9.59 Å². The van der Waals surface area contributed by atoms with Crippen molar-refractivity contribution >= 4 is 33.5 Å². The maximum Gasteiger partial charge on any atom is 0.332 e. The lowest BCUT2D eigenvalue weighted by Gasteiger charge is -2.29. The van der Waals surface area contributed by atoms with Crippen LogP contribution in [0, 0.1) is 11.8 Å². The zero-order valence-electron chi connectivity index (χ0n) is 12.7. The van der Waals surface area contributed by atoms with Gasteiger partial charge < -0.3 is 10.4 Å². The molecule has 0 heterocycles. The lowest BCUT2D eigenvalue weighted by molar-refractivity contribution is -0.134. The number of amides is 1. The summed E-state index contributed by atoms with van der Waals surface area (Å²) < 4.78 is 0.925. The van der Waals surface area contributed by atoms with Crippen LogP contribution in [0.5, 0.6) is 0 Å². The fourth-order valence-electron chi connectivity index (χ4n) is 3.00. The molecular weight excluding hydrogens is 346 g/mol. The minimum Gasteiger partial charge on any atom is -0.478 e. The van der Waals surface area contributed by atoms with Gasteiger partial charge in [0, 0.05) is 21.3 Å². The predicted molar refractivity (Wildman–Crippen MR) is 89.6 cm³/mol. The van der Waals surface area contributed by atoms with E-state index in [1.165, 1.54) is 0 Å². The summed E-state index contributed by atoms with van der Waals surface area (Å²) in [5, 5.41) is 12.3. The molecule has 22 heavy (non-hydrogen) atoms. The summed E-state index contributed by atoms with van der Waals surface area (Å²) in [6.07, 6.45) is 2.44. The Morgan fingerprint density at radius 2 is 1.86 bits per heavy atom. The number of halogens is 1. The van der Waals surface area contributed by atoms with E-state index in [4.69, 9.17) is 0 Å². The van der Waals surface area contributed by atoms with Gasteiger partial charge in [-0.15, -0.1) is 0 Å². The SMILES string of the molecule is CCC1CCC(C)C(C(=O)O)=C1C(=O)Nc1ccc(Br)cc1. The second-order valence-corrected chi connectivity index (χ2v) is 6.59.